The van der Waals surface area contributed by atoms with E-state index in [9.17, 15) is 14.7 Å². The number of ether oxygens (including phenoxy) is 1. The van der Waals surface area contributed by atoms with E-state index in [2.05, 4.69) is 0 Å². The van der Waals surface area contributed by atoms with Gasteiger partial charge >= 0.3 is 0 Å². The maximum absolute atomic E-state index is 12.3. The number of β-amino-alcohol motifs (C(OH)–C–C–N with tert-alkyl or cyclic N) is 1. The topological polar surface area (TPSA) is 92.9 Å². The Bertz CT molecular complexity index is 743. The Morgan fingerprint density at radius 3 is 2.15 bits per heavy atom. The van der Waals surface area contributed by atoms with Crippen molar-refractivity contribution in [3.63, 3.8) is 0 Å². The van der Waals surface area contributed by atoms with Crippen LogP contribution in [0.4, 0.5) is 0 Å². The number of nitrogens with two attached hydrogens (primary N) is 1. The van der Waals surface area contributed by atoms with Gasteiger partial charge in [0.05, 0.1) is 30.4 Å². The van der Waals surface area contributed by atoms with E-state index in [0.717, 1.165) is 10.5 Å². The molecule has 0 spiro atoms. The van der Waals surface area contributed by atoms with Gasteiger partial charge in [0.15, 0.2) is 0 Å². The fraction of sp³-hybridized carbons (Fsp3) is 0.300. The van der Waals surface area contributed by atoms with Crippen molar-refractivity contribution in [2.24, 2.45) is 5.73 Å². The van der Waals surface area contributed by atoms with Crippen LogP contribution in [0.25, 0.3) is 0 Å². The first-order valence-electron chi connectivity index (χ1n) is 8.58. The highest BCUT2D eigenvalue weighted by atomic mass is 16.5. The zero-order chi connectivity index (χ0) is 18.5. The minimum absolute atomic E-state index is 0.119. The average molecular weight is 354 g/mol. The Labute approximate surface area is 152 Å². The molecule has 26 heavy (non-hydrogen) atoms. The van der Waals surface area contributed by atoms with E-state index < -0.39 is 24.0 Å². The summed E-state index contributed by atoms with van der Waals surface area (Å²) in [7, 11) is 0. The second-order valence-electron chi connectivity index (χ2n) is 6.32. The van der Waals surface area contributed by atoms with Gasteiger partial charge in [-0.1, -0.05) is 42.5 Å². The van der Waals surface area contributed by atoms with Crippen molar-refractivity contribution in [3.8, 4) is 0 Å². The van der Waals surface area contributed by atoms with Gasteiger partial charge < -0.3 is 15.6 Å². The van der Waals surface area contributed by atoms with Crippen LogP contribution in [0.15, 0.2) is 54.6 Å². The van der Waals surface area contributed by atoms with Gasteiger partial charge in [0, 0.05) is 12.6 Å². The van der Waals surface area contributed by atoms with Crippen molar-refractivity contribution >= 4 is 11.8 Å². The zero-order valence-electron chi connectivity index (χ0n) is 14.4. The Morgan fingerprint density at radius 2 is 1.54 bits per heavy atom. The number of benzene rings is 2. The van der Waals surface area contributed by atoms with Gasteiger partial charge in [0.1, 0.15) is 0 Å². The first kappa shape index (κ1) is 18.3. The SMILES string of the molecule is N[C@@H](CCOCc1ccccc1)[C@@H](O)CN1C(=O)c2ccccc2C1=O. The third kappa shape index (κ3) is 3.99. The molecule has 0 fully saturated rings. The molecule has 3 N–H and O–H groups in total. The summed E-state index contributed by atoms with van der Waals surface area (Å²) in [6, 6.07) is 15.8. The molecule has 2 atom stereocenters. The molecule has 2 amide bonds. The fourth-order valence-electron chi connectivity index (χ4n) is 2.90. The molecule has 2 aromatic rings. The molecule has 3 rings (SSSR count). The summed E-state index contributed by atoms with van der Waals surface area (Å²) in [6.45, 7) is 0.740. The number of aliphatic hydroxyl groups excluding tert-OH is 1. The summed E-state index contributed by atoms with van der Waals surface area (Å²) in [4.78, 5) is 25.7. The van der Waals surface area contributed by atoms with E-state index in [-0.39, 0.29) is 6.54 Å². The van der Waals surface area contributed by atoms with Crippen LogP contribution in [0.5, 0.6) is 0 Å². The van der Waals surface area contributed by atoms with Gasteiger partial charge in [-0.15, -0.1) is 0 Å². The van der Waals surface area contributed by atoms with Crippen LogP contribution in [0, 0.1) is 0 Å². The van der Waals surface area contributed by atoms with E-state index in [1.54, 1.807) is 24.3 Å². The molecule has 6 heteroatoms. The van der Waals surface area contributed by atoms with Crippen molar-refractivity contribution in [2.75, 3.05) is 13.2 Å². The van der Waals surface area contributed by atoms with Crippen LogP contribution in [0.2, 0.25) is 0 Å². The second-order valence-corrected chi connectivity index (χ2v) is 6.32. The van der Waals surface area contributed by atoms with Crippen LogP contribution in [-0.4, -0.2) is 47.1 Å². The minimum Gasteiger partial charge on any atom is -0.390 e. The lowest BCUT2D eigenvalue weighted by atomic mass is 10.1. The molecule has 1 aliphatic rings. The molecule has 0 aliphatic carbocycles. The Balaban J connectivity index is 1.47. The number of fused-ring (bicyclic) bond motifs is 1. The van der Waals surface area contributed by atoms with Crippen LogP contribution >= 0.6 is 0 Å². The molecular weight excluding hydrogens is 332 g/mol. The van der Waals surface area contributed by atoms with E-state index in [0.29, 0.717) is 30.8 Å². The first-order valence-corrected chi connectivity index (χ1v) is 8.58. The predicted molar refractivity (Wildman–Crippen MR) is 96.5 cm³/mol. The molecule has 0 saturated heterocycles. The highest BCUT2D eigenvalue weighted by Gasteiger charge is 2.36. The molecule has 0 radical (unpaired) electrons. The van der Waals surface area contributed by atoms with Crippen molar-refractivity contribution < 1.29 is 19.4 Å². The van der Waals surface area contributed by atoms with E-state index in [1.807, 2.05) is 30.3 Å². The molecule has 6 nitrogen and oxygen atoms in total. The van der Waals surface area contributed by atoms with E-state index in [4.69, 9.17) is 10.5 Å². The largest absolute Gasteiger partial charge is 0.390 e. The van der Waals surface area contributed by atoms with Gasteiger partial charge in [-0.3, -0.25) is 14.5 Å². The molecule has 0 saturated carbocycles. The Morgan fingerprint density at radius 1 is 0.962 bits per heavy atom. The lowest BCUT2D eigenvalue weighted by Crippen LogP contribution is -2.45. The normalized spacial score (nSPS) is 15.8. The molecule has 2 aromatic carbocycles. The highest BCUT2D eigenvalue weighted by molar-refractivity contribution is 6.21. The predicted octanol–water partition coefficient (Wildman–Crippen LogP) is 1.58. The number of aliphatic hydroxyl groups is 1. The van der Waals surface area contributed by atoms with Crippen LogP contribution in [-0.2, 0) is 11.3 Å². The summed E-state index contributed by atoms with van der Waals surface area (Å²) in [5, 5.41) is 10.3. The van der Waals surface area contributed by atoms with Gasteiger partial charge in [-0.05, 0) is 24.1 Å². The molecular formula is C20H22N2O4. The van der Waals surface area contributed by atoms with E-state index in [1.165, 1.54) is 0 Å². The van der Waals surface area contributed by atoms with Crippen LogP contribution in [0.3, 0.4) is 0 Å². The number of imide groups is 1. The standard InChI is InChI=1S/C20H22N2O4/c21-17(10-11-26-13-14-6-2-1-3-7-14)18(23)12-22-19(24)15-8-4-5-9-16(15)20(22)25/h1-9,17-18,23H,10-13,21H2/t17-,18-/m0/s1. The van der Waals surface area contributed by atoms with Gasteiger partial charge in [0.2, 0.25) is 0 Å². The molecule has 1 aliphatic heterocycles. The third-order valence-corrected chi connectivity index (χ3v) is 4.45. The Hall–Kier alpha value is -2.54. The number of rotatable bonds is 8. The maximum Gasteiger partial charge on any atom is 0.261 e. The average Bonchev–Trinajstić information content (AvgIpc) is 2.91. The monoisotopic (exact) mass is 354 g/mol. The zero-order valence-corrected chi connectivity index (χ0v) is 14.4. The third-order valence-electron chi connectivity index (χ3n) is 4.45. The summed E-state index contributed by atoms with van der Waals surface area (Å²) >= 11 is 0. The lowest BCUT2D eigenvalue weighted by molar-refractivity contribution is 0.0458. The smallest absolute Gasteiger partial charge is 0.261 e. The number of hydrogen-bond donors (Lipinski definition) is 2. The van der Waals surface area contributed by atoms with Crippen molar-refractivity contribution in [1.82, 2.24) is 4.90 Å². The lowest BCUT2D eigenvalue weighted by Gasteiger charge is -2.23. The quantitative estimate of drug-likeness (QED) is 0.555. The summed E-state index contributed by atoms with van der Waals surface area (Å²) in [5.74, 6) is -0.783. The van der Waals surface area contributed by atoms with Crippen molar-refractivity contribution in [3.05, 3.63) is 71.3 Å². The van der Waals surface area contributed by atoms with Gasteiger partial charge in [0.25, 0.3) is 11.8 Å². The van der Waals surface area contributed by atoms with E-state index >= 15 is 0 Å². The molecule has 0 aromatic heterocycles. The molecule has 1 heterocycles. The number of hydrogen-bond acceptors (Lipinski definition) is 5. The summed E-state index contributed by atoms with van der Waals surface area (Å²) < 4.78 is 5.56. The Kier molecular flexibility index (Phi) is 5.78. The fourth-order valence-corrected chi connectivity index (χ4v) is 2.90. The van der Waals surface area contributed by atoms with Crippen LogP contribution in [0.1, 0.15) is 32.7 Å². The molecule has 136 valence electrons. The number of nitrogens with zero attached hydrogens (tertiary/aromatic N) is 1. The first-order chi connectivity index (χ1) is 12.6. The number of carbonyl (C=O) groups is 2. The number of carbonyl (C=O) groups excluding carboxylic acids is 2. The number of amides is 2. The minimum atomic E-state index is -1.00. The summed E-state index contributed by atoms with van der Waals surface area (Å²) in [5.41, 5.74) is 7.78. The molecule has 0 bridgehead atoms. The van der Waals surface area contributed by atoms with Crippen LogP contribution < -0.4 is 5.73 Å². The van der Waals surface area contributed by atoms with Gasteiger partial charge in [-0.25, -0.2) is 0 Å². The second kappa shape index (κ2) is 8.23. The van der Waals surface area contributed by atoms with Crippen molar-refractivity contribution in [2.45, 2.75) is 25.2 Å². The highest BCUT2D eigenvalue weighted by Crippen LogP contribution is 2.22. The summed E-state index contributed by atoms with van der Waals surface area (Å²) in [6.07, 6.45) is -0.575. The van der Waals surface area contributed by atoms with Crippen molar-refractivity contribution in [1.29, 1.82) is 0 Å². The van der Waals surface area contributed by atoms with Gasteiger partial charge in [-0.2, -0.15) is 0 Å². The molecule has 0 unspecified atom stereocenters. The maximum atomic E-state index is 12.3.